The highest BCUT2D eigenvalue weighted by atomic mass is 79.9. The first kappa shape index (κ1) is 18.5. The van der Waals surface area contributed by atoms with Crippen LogP contribution in [0.15, 0.2) is 27.7 Å². The lowest BCUT2D eigenvalue weighted by Crippen LogP contribution is -2.15. The van der Waals surface area contributed by atoms with Crippen LogP contribution >= 0.6 is 27.7 Å². The number of amides is 1. The van der Waals surface area contributed by atoms with Gasteiger partial charge in [-0.3, -0.25) is 4.79 Å². The molecule has 1 heterocycles. The van der Waals surface area contributed by atoms with Gasteiger partial charge in [0.25, 0.3) is 0 Å². The molecule has 124 valence electrons. The normalized spacial score (nSPS) is 10.3. The van der Waals surface area contributed by atoms with Crippen LogP contribution in [0, 0.1) is 39.0 Å². The lowest BCUT2D eigenvalue weighted by atomic mass is 10.1. The summed E-state index contributed by atoms with van der Waals surface area (Å²) in [6.45, 7) is 7.77. The van der Waals surface area contributed by atoms with Crippen molar-refractivity contribution < 1.29 is 4.79 Å². The van der Waals surface area contributed by atoms with Crippen LogP contribution < -0.4 is 5.32 Å². The van der Waals surface area contributed by atoms with Crippen molar-refractivity contribution in [2.75, 3.05) is 11.1 Å². The molecule has 0 unspecified atom stereocenters. The topological polar surface area (TPSA) is 65.8 Å². The van der Waals surface area contributed by atoms with Crippen LogP contribution in [0.4, 0.5) is 5.69 Å². The molecule has 0 aliphatic carbocycles. The number of hydrogen-bond donors (Lipinski definition) is 1. The number of aryl methyl sites for hydroxylation is 2. The third-order valence-electron chi connectivity index (χ3n) is 3.81. The van der Waals surface area contributed by atoms with Crippen molar-refractivity contribution in [3.8, 4) is 6.07 Å². The fraction of sp³-hybridized carbons (Fsp3) is 0.278. The summed E-state index contributed by atoms with van der Waals surface area (Å²) in [7, 11) is 0. The van der Waals surface area contributed by atoms with Gasteiger partial charge in [-0.05, 0) is 72.4 Å². The SMILES string of the molecule is Cc1ccc(NC(=O)CSc2nc(C)c(C)c(C)c2C#N)c(Br)c1. The highest BCUT2D eigenvalue weighted by Gasteiger charge is 2.14. The zero-order chi connectivity index (χ0) is 17.9. The Morgan fingerprint density at radius 1 is 1.29 bits per heavy atom. The standard InChI is InChI=1S/C18H18BrN3OS/c1-10-5-6-16(15(19)7-10)22-17(23)9-24-18-14(8-20)12(3)11(2)13(4)21-18/h5-7H,9H2,1-4H3,(H,22,23). The van der Waals surface area contributed by atoms with Crippen LogP contribution in [-0.4, -0.2) is 16.6 Å². The minimum atomic E-state index is -0.133. The Labute approximate surface area is 154 Å². The number of nitrogens with zero attached hydrogens (tertiary/aromatic N) is 2. The van der Waals surface area contributed by atoms with E-state index in [-0.39, 0.29) is 11.7 Å². The van der Waals surface area contributed by atoms with Crippen molar-refractivity contribution in [2.45, 2.75) is 32.7 Å². The molecule has 2 rings (SSSR count). The van der Waals surface area contributed by atoms with Gasteiger partial charge in [0.05, 0.1) is 17.0 Å². The summed E-state index contributed by atoms with van der Waals surface area (Å²) < 4.78 is 0.846. The van der Waals surface area contributed by atoms with Gasteiger partial charge < -0.3 is 5.32 Å². The van der Waals surface area contributed by atoms with Crippen molar-refractivity contribution in [3.05, 3.63) is 50.6 Å². The molecule has 0 radical (unpaired) electrons. The van der Waals surface area contributed by atoms with Gasteiger partial charge in [0.15, 0.2) is 0 Å². The predicted molar refractivity (Wildman–Crippen MR) is 101 cm³/mol. The van der Waals surface area contributed by atoms with E-state index >= 15 is 0 Å². The fourth-order valence-corrected chi connectivity index (χ4v) is 3.67. The minimum Gasteiger partial charge on any atom is -0.324 e. The molecule has 0 aliphatic rings. The number of hydrogen-bond acceptors (Lipinski definition) is 4. The minimum absolute atomic E-state index is 0.133. The molecule has 1 aromatic carbocycles. The molecule has 0 aliphatic heterocycles. The first-order valence-corrected chi connectivity index (χ1v) is 9.18. The number of rotatable bonds is 4. The third-order valence-corrected chi connectivity index (χ3v) is 5.45. The molecule has 1 N–H and O–H groups in total. The van der Waals surface area contributed by atoms with Gasteiger partial charge in [-0.2, -0.15) is 5.26 Å². The third kappa shape index (κ3) is 4.16. The van der Waals surface area contributed by atoms with Crippen molar-refractivity contribution in [1.29, 1.82) is 5.26 Å². The number of halogens is 1. The lowest BCUT2D eigenvalue weighted by molar-refractivity contribution is -0.113. The highest BCUT2D eigenvalue weighted by Crippen LogP contribution is 2.27. The molecule has 0 spiro atoms. The maximum Gasteiger partial charge on any atom is 0.234 e. The van der Waals surface area contributed by atoms with E-state index in [9.17, 15) is 10.1 Å². The Kier molecular flexibility index (Phi) is 6.03. The number of anilines is 1. The van der Waals surface area contributed by atoms with Crippen molar-refractivity contribution in [3.63, 3.8) is 0 Å². The van der Waals surface area contributed by atoms with E-state index in [2.05, 4.69) is 32.3 Å². The number of pyridine rings is 1. The summed E-state index contributed by atoms with van der Waals surface area (Å²) in [5.74, 6) is 0.0651. The number of carbonyl (C=O) groups excluding carboxylic acids is 1. The zero-order valence-electron chi connectivity index (χ0n) is 14.0. The van der Waals surface area contributed by atoms with Crippen LogP contribution in [0.1, 0.15) is 27.9 Å². The summed E-state index contributed by atoms with van der Waals surface area (Å²) >= 11 is 4.73. The van der Waals surface area contributed by atoms with Crippen LogP contribution in [0.25, 0.3) is 0 Å². The number of nitrogens with one attached hydrogen (secondary N) is 1. The zero-order valence-corrected chi connectivity index (χ0v) is 16.4. The molecule has 0 saturated heterocycles. The summed E-state index contributed by atoms with van der Waals surface area (Å²) in [6, 6.07) is 7.95. The summed E-state index contributed by atoms with van der Waals surface area (Å²) in [5.41, 5.74) is 5.22. The van der Waals surface area contributed by atoms with Gasteiger partial charge in [-0.15, -0.1) is 0 Å². The molecule has 6 heteroatoms. The second-order valence-electron chi connectivity index (χ2n) is 5.56. The number of thioether (sulfide) groups is 1. The second-order valence-corrected chi connectivity index (χ2v) is 7.38. The maximum atomic E-state index is 12.2. The Morgan fingerprint density at radius 3 is 2.62 bits per heavy atom. The van der Waals surface area contributed by atoms with E-state index in [1.807, 2.05) is 45.9 Å². The van der Waals surface area contributed by atoms with Crippen LogP contribution in [0.2, 0.25) is 0 Å². The molecular formula is C18H18BrN3OS. The molecule has 0 fully saturated rings. The molecule has 1 amide bonds. The van der Waals surface area contributed by atoms with Gasteiger partial charge in [0.1, 0.15) is 11.1 Å². The van der Waals surface area contributed by atoms with E-state index in [0.717, 1.165) is 32.5 Å². The molecule has 0 bridgehead atoms. The summed E-state index contributed by atoms with van der Waals surface area (Å²) in [6.07, 6.45) is 0. The average molecular weight is 404 g/mol. The predicted octanol–water partition coefficient (Wildman–Crippen LogP) is 4.68. The molecular weight excluding hydrogens is 386 g/mol. The number of carbonyl (C=O) groups is 1. The van der Waals surface area contributed by atoms with E-state index in [4.69, 9.17) is 0 Å². The molecule has 24 heavy (non-hydrogen) atoms. The Morgan fingerprint density at radius 2 is 2.00 bits per heavy atom. The van der Waals surface area contributed by atoms with Crippen LogP contribution in [-0.2, 0) is 4.79 Å². The second kappa shape index (κ2) is 7.82. The van der Waals surface area contributed by atoms with E-state index in [1.165, 1.54) is 11.8 Å². The van der Waals surface area contributed by atoms with Gasteiger partial charge in [0.2, 0.25) is 5.91 Å². The average Bonchev–Trinajstić information content (AvgIpc) is 2.53. The highest BCUT2D eigenvalue weighted by molar-refractivity contribution is 9.10. The fourth-order valence-electron chi connectivity index (χ4n) is 2.19. The monoisotopic (exact) mass is 403 g/mol. The number of nitriles is 1. The lowest BCUT2D eigenvalue weighted by Gasteiger charge is -2.11. The van der Waals surface area contributed by atoms with Crippen LogP contribution in [0.5, 0.6) is 0 Å². The smallest absolute Gasteiger partial charge is 0.234 e. The van der Waals surface area contributed by atoms with Crippen molar-refractivity contribution >= 4 is 39.3 Å². The first-order chi connectivity index (χ1) is 11.3. The molecule has 4 nitrogen and oxygen atoms in total. The van der Waals surface area contributed by atoms with Gasteiger partial charge in [-0.1, -0.05) is 17.8 Å². The Balaban J connectivity index is 2.11. The summed E-state index contributed by atoms with van der Waals surface area (Å²) in [4.78, 5) is 16.7. The van der Waals surface area contributed by atoms with Gasteiger partial charge in [-0.25, -0.2) is 4.98 Å². The molecule has 0 atom stereocenters. The quantitative estimate of drug-likeness (QED) is 0.752. The van der Waals surface area contributed by atoms with Crippen molar-refractivity contribution in [1.82, 2.24) is 4.98 Å². The largest absolute Gasteiger partial charge is 0.324 e. The number of benzene rings is 1. The van der Waals surface area contributed by atoms with Gasteiger partial charge >= 0.3 is 0 Å². The van der Waals surface area contributed by atoms with E-state index in [1.54, 1.807) is 0 Å². The van der Waals surface area contributed by atoms with E-state index < -0.39 is 0 Å². The first-order valence-electron chi connectivity index (χ1n) is 7.40. The molecule has 2 aromatic rings. The van der Waals surface area contributed by atoms with Gasteiger partial charge in [0, 0.05) is 10.2 Å². The Bertz CT molecular complexity index is 843. The molecule has 1 aromatic heterocycles. The van der Waals surface area contributed by atoms with Crippen LogP contribution in [0.3, 0.4) is 0 Å². The molecule has 0 saturated carbocycles. The maximum absolute atomic E-state index is 12.2. The summed E-state index contributed by atoms with van der Waals surface area (Å²) in [5, 5.41) is 12.8. The van der Waals surface area contributed by atoms with Crippen molar-refractivity contribution in [2.24, 2.45) is 0 Å². The number of aromatic nitrogens is 1. The van der Waals surface area contributed by atoms with E-state index in [0.29, 0.717) is 10.6 Å². The Hall–Kier alpha value is -1.84.